The van der Waals surface area contributed by atoms with E-state index in [-0.39, 0.29) is 19.0 Å². The summed E-state index contributed by atoms with van der Waals surface area (Å²) in [5.74, 6) is -0.908. The number of carboxylic acid groups (broad SMARTS) is 1. The summed E-state index contributed by atoms with van der Waals surface area (Å²) < 4.78 is 2.23. The smallest absolute Gasteiger partial charge is 0.317 e. The molecule has 6 nitrogen and oxygen atoms in total. The van der Waals surface area contributed by atoms with E-state index in [2.05, 4.69) is 28.1 Å². The molecule has 1 aliphatic rings. The van der Waals surface area contributed by atoms with Crippen molar-refractivity contribution in [3.05, 3.63) is 36.0 Å². The number of urea groups is 1. The number of rotatable bonds is 3. The number of fused-ring (bicyclic) bond motifs is 3. The van der Waals surface area contributed by atoms with Gasteiger partial charge in [0.05, 0.1) is 13.0 Å². The molecule has 0 spiro atoms. The van der Waals surface area contributed by atoms with E-state index in [1.165, 1.54) is 10.9 Å². The lowest BCUT2D eigenvalue weighted by Crippen LogP contribution is -2.44. The fourth-order valence-electron chi connectivity index (χ4n) is 2.72. The van der Waals surface area contributed by atoms with Gasteiger partial charge in [0, 0.05) is 30.8 Å². The number of carboxylic acids is 1. The topological polar surface area (TPSA) is 74.6 Å². The lowest BCUT2D eigenvalue weighted by molar-refractivity contribution is -0.136. The third kappa shape index (κ3) is 2.69. The van der Waals surface area contributed by atoms with Gasteiger partial charge in [-0.25, -0.2) is 4.79 Å². The SMILES string of the molecule is O=C(O)CCNC(=O)N1CCn2c(cc3ccccc32)C1. The summed E-state index contributed by atoms with van der Waals surface area (Å²) in [6.07, 6.45) is -0.0557. The van der Waals surface area contributed by atoms with Crippen molar-refractivity contribution in [1.29, 1.82) is 0 Å². The predicted octanol–water partition coefficient (Wildman–Crippen LogP) is 1.64. The second kappa shape index (κ2) is 5.47. The first kappa shape index (κ1) is 13.5. The van der Waals surface area contributed by atoms with Crippen LogP contribution < -0.4 is 5.32 Å². The van der Waals surface area contributed by atoms with Crippen molar-refractivity contribution in [2.75, 3.05) is 13.1 Å². The quantitative estimate of drug-likeness (QED) is 0.901. The molecule has 0 saturated carbocycles. The van der Waals surface area contributed by atoms with Gasteiger partial charge in [-0.2, -0.15) is 0 Å². The Labute approximate surface area is 122 Å². The van der Waals surface area contributed by atoms with Crippen LogP contribution in [0.15, 0.2) is 30.3 Å². The van der Waals surface area contributed by atoms with Crippen LogP contribution >= 0.6 is 0 Å². The van der Waals surface area contributed by atoms with Gasteiger partial charge in [-0.3, -0.25) is 4.79 Å². The average Bonchev–Trinajstić information content (AvgIpc) is 2.84. The molecular formula is C15H17N3O3. The number of hydrogen-bond acceptors (Lipinski definition) is 2. The van der Waals surface area contributed by atoms with E-state index in [1.807, 2.05) is 12.1 Å². The van der Waals surface area contributed by atoms with E-state index in [9.17, 15) is 9.59 Å². The minimum absolute atomic E-state index is 0.0557. The number of para-hydroxylation sites is 1. The third-order valence-electron chi connectivity index (χ3n) is 3.75. The van der Waals surface area contributed by atoms with E-state index >= 15 is 0 Å². The van der Waals surface area contributed by atoms with Crippen LogP contribution in [-0.2, 0) is 17.9 Å². The molecule has 2 aromatic rings. The monoisotopic (exact) mass is 287 g/mol. The van der Waals surface area contributed by atoms with Crippen LogP contribution in [0.3, 0.4) is 0 Å². The highest BCUT2D eigenvalue weighted by molar-refractivity contribution is 5.82. The number of carbonyl (C=O) groups excluding carboxylic acids is 1. The Balaban J connectivity index is 1.69. The zero-order valence-corrected chi connectivity index (χ0v) is 11.6. The molecule has 21 heavy (non-hydrogen) atoms. The van der Waals surface area contributed by atoms with Crippen molar-refractivity contribution in [2.24, 2.45) is 0 Å². The van der Waals surface area contributed by atoms with Crippen LogP contribution in [0, 0.1) is 0 Å². The number of hydrogen-bond donors (Lipinski definition) is 2. The Hall–Kier alpha value is -2.50. The zero-order chi connectivity index (χ0) is 14.8. The third-order valence-corrected chi connectivity index (χ3v) is 3.75. The van der Waals surface area contributed by atoms with E-state index in [4.69, 9.17) is 5.11 Å². The Bertz CT molecular complexity index is 693. The normalized spacial score (nSPS) is 14.0. The highest BCUT2D eigenvalue weighted by Crippen LogP contribution is 2.23. The van der Waals surface area contributed by atoms with Crippen LogP contribution in [0.1, 0.15) is 12.1 Å². The van der Waals surface area contributed by atoms with Crippen LogP contribution in [0.2, 0.25) is 0 Å². The van der Waals surface area contributed by atoms with Gasteiger partial charge in [0.1, 0.15) is 0 Å². The number of aromatic nitrogens is 1. The highest BCUT2D eigenvalue weighted by atomic mass is 16.4. The molecule has 2 amide bonds. The van der Waals surface area contributed by atoms with Crippen molar-refractivity contribution in [1.82, 2.24) is 14.8 Å². The maximum Gasteiger partial charge on any atom is 0.317 e. The molecule has 0 atom stereocenters. The Morgan fingerprint density at radius 1 is 1.24 bits per heavy atom. The molecule has 110 valence electrons. The summed E-state index contributed by atoms with van der Waals surface area (Å²) in [5.41, 5.74) is 2.30. The minimum Gasteiger partial charge on any atom is -0.481 e. The van der Waals surface area contributed by atoms with Gasteiger partial charge in [-0.15, -0.1) is 0 Å². The van der Waals surface area contributed by atoms with E-state index in [1.54, 1.807) is 4.90 Å². The molecule has 0 bridgehead atoms. The average molecular weight is 287 g/mol. The molecule has 3 rings (SSSR count). The van der Waals surface area contributed by atoms with Gasteiger partial charge in [0.15, 0.2) is 0 Å². The van der Waals surface area contributed by atoms with E-state index in [0.717, 1.165) is 12.2 Å². The molecular weight excluding hydrogens is 270 g/mol. The standard InChI is InChI=1S/C15H17N3O3/c19-14(20)5-6-16-15(21)17-7-8-18-12(10-17)9-11-3-1-2-4-13(11)18/h1-4,9H,5-8,10H2,(H,16,21)(H,19,20). The molecule has 0 fully saturated rings. The largest absolute Gasteiger partial charge is 0.481 e. The van der Waals surface area contributed by atoms with Crippen LogP contribution in [0.25, 0.3) is 10.9 Å². The maximum absolute atomic E-state index is 12.0. The van der Waals surface area contributed by atoms with Crippen LogP contribution in [0.4, 0.5) is 4.79 Å². The molecule has 0 unspecified atom stereocenters. The molecule has 2 heterocycles. The van der Waals surface area contributed by atoms with Gasteiger partial charge in [0.2, 0.25) is 0 Å². The van der Waals surface area contributed by atoms with Crippen LogP contribution in [0.5, 0.6) is 0 Å². The van der Waals surface area contributed by atoms with Gasteiger partial charge in [-0.1, -0.05) is 18.2 Å². The van der Waals surface area contributed by atoms with E-state index in [0.29, 0.717) is 13.1 Å². The highest BCUT2D eigenvalue weighted by Gasteiger charge is 2.21. The summed E-state index contributed by atoms with van der Waals surface area (Å²) in [6.45, 7) is 2.10. The first-order valence-electron chi connectivity index (χ1n) is 6.97. The van der Waals surface area contributed by atoms with Gasteiger partial charge in [-0.05, 0) is 17.5 Å². The maximum atomic E-state index is 12.0. The second-order valence-corrected chi connectivity index (χ2v) is 5.14. The lowest BCUT2D eigenvalue weighted by atomic mass is 10.2. The summed E-state index contributed by atoms with van der Waals surface area (Å²) in [5, 5.41) is 12.4. The molecule has 2 N–H and O–H groups in total. The van der Waals surface area contributed by atoms with Gasteiger partial charge >= 0.3 is 12.0 Å². The molecule has 1 aliphatic heterocycles. The van der Waals surface area contributed by atoms with Crippen molar-refractivity contribution < 1.29 is 14.7 Å². The van der Waals surface area contributed by atoms with Crippen molar-refractivity contribution >= 4 is 22.9 Å². The second-order valence-electron chi connectivity index (χ2n) is 5.14. The van der Waals surface area contributed by atoms with Crippen molar-refractivity contribution in [3.63, 3.8) is 0 Å². The lowest BCUT2D eigenvalue weighted by Gasteiger charge is -2.29. The Morgan fingerprint density at radius 3 is 2.86 bits per heavy atom. The first-order chi connectivity index (χ1) is 10.1. The fraction of sp³-hybridized carbons (Fsp3) is 0.333. The van der Waals surface area contributed by atoms with E-state index < -0.39 is 5.97 Å². The molecule has 0 radical (unpaired) electrons. The number of benzene rings is 1. The number of nitrogens with zero attached hydrogens (tertiary/aromatic N) is 2. The summed E-state index contributed by atoms with van der Waals surface area (Å²) >= 11 is 0. The zero-order valence-electron chi connectivity index (χ0n) is 11.6. The first-order valence-corrected chi connectivity index (χ1v) is 6.97. The van der Waals surface area contributed by atoms with Crippen molar-refractivity contribution in [3.8, 4) is 0 Å². The molecule has 1 aromatic carbocycles. The minimum atomic E-state index is -0.908. The number of aliphatic carboxylic acids is 1. The number of nitrogens with one attached hydrogen (secondary N) is 1. The molecule has 0 saturated heterocycles. The van der Waals surface area contributed by atoms with Crippen molar-refractivity contribution in [2.45, 2.75) is 19.5 Å². The molecule has 0 aliphatic carbocycles. The summed E-state index contributed by atoms with van der Waals surface area (Å²) in [4.78, 5) is 24.2. The van der Waals surface area contributed by atoms with Crippen LogP contribution in [-0.4, -0.2) is 39.7 Å². The Kier molecular flexibility index (Phi) is 3.51. The fourth-order valence-corrected chi connectivity index (χ4v) is 2.72. The van der Waals surface area contributed by atoms with Gasteiger partial charge < -0.3 is 19.9 Å². The molecule has 1 aromatic heterocycles. The molecule has 6 heteroatoms. The predicted molar refractivity (Wildman–Crippen MR) is 78.0 cm³/mol. The summed E-state index contributed by atoms with van der Waals surface area (Å²) in [7, 11) is 0. The Morgan fingerprint density at radius 2 is 2.05 bits per heavy atom. The number of amides is 2. The summed E-state index contributed by atoms with van der Waals surface area (Å²) in [6, 6.07) is 10.1. The number of carbonyl (C=O) groups is 2. The van der Waals surface area contributed by atoms with Gasteiger partial charge in [0.25, 0.3) is 0 Å².